The Morgan fingerprint density at radius 3 is 2.29 bits per heavy atom. The molecule has 0 aliphatic rings. The van der Waals surface area contributed by atoms with Crippen molar-refractivity contribution in [2.24, 2.45) is 0 Å². The van der Waals surface area contributed by atoms with E-state index in [0.717, 1.165) is 11.3 Å². The lowest BCUT2D eigenvalue weighted by atomic mass is 10.0. The number of benzene rings is 2. The maximum Gasteiger partial charge on any atom is 0.164 e. The van der Waals surface area contributed by atoms with Crippen LogP contribution in [0.5, 0.6) is 0 Å². The number of ketones is 1. The van der Waals surface area contributed by atoms with Gasteiger partial charge < -0.3 is 4.74 Å². The van der Waals surface area contributed by atoms with Crippen LogP contribution in [0, 0.1) is 0 Å². The summed E-state index contributed by atoms with van der Waals surface area (Å²) < 4.78 is 5.11. The number of rotatable bonds is 8. The molecule has 0 saturated carbocycles. The summed E-state index contributed by atoms with van der Waals surface area (Å²) in [7, 11) is 1.70. The molecule has 0 N–H and O–H groups in total. The number of Topliss-reactive ketones (excluding diaryl/α,β-unsaturated/α-hetero) is 1. The Morgan fingerprint density at radius 2 is 1.67 bits per heavy atom. The van der Waals surface area contributed by atoms with Crippen molar-refractivity contribution in [3.63, 3.8) is 0 Å². The van der Waals surface area contributed by atoms with Crippen LogP contribution in [-0.4, -0.2) is 25.3 Å². The van der Waals surface area contributed by atoms with E-state index in [9.17, 15) is 4.79 Å². The molecule has 0 aliphatic heterocycles. The van der Waals surface area contributed by atoms with Gasteiger partial charge in [0.05, 0.1) is 6.61 Å². The standard InChI is InChI=1S/C18H20O2S/c1-20-12-13-21-18(16-10-6-3-7-11-16)14-17(19)15-8-4-2-5-9-15/h2-11,18H,12-14H2,1H3. The number of hydrogen-bond acceptors (Lipinski definition) is 3. The highest BCUT2D eigenvalue weighted by atomic mass is 32.2. The highest BCUT2D eigenvalue weighted by molar-refractivity contribution is 7.99. The van der Waals surface area contributed by atoms with E-state index in [1.165, 1.54) is 5.56 Å². The Labute approximate surface area is 130 Å². The molecule has 0 heterocycles. The predicted molar refractivity (Wildman–Crippen MR) is 88.9 cm³/mol. The summed E-state index contributed by atoms with van der Waals surface area (Å²) in [6, 6.07) is 19.7. The lowest BCUT2D eigenvalue weighted by Crippen LogP contribution is -2.07. The third-order valence-electron chi connectivity index (χ3n) is 3.24. The summed E-state index contributed by atoms with van der Waals surface area (Å²) in [4.78, 5) is 12.4. The van der Waals surface area contributed by atoms with Gasteiger partial charge in [-0.1, -0.05) is 60.7 Å². The number of carbonyl (C=O) groups is 1. The molecule has 0 aliphatic carbocycles. The molecule has 0 radical (unpaired) electrons. The van der Waals surface area contributed by atoms with Gasteiger partial charge in [0, 0.05) is 30.1 Å². The van der Waals surface area contributed by atoms with Crippen molar-refractivity contribution in [3.8, 4) is 0 Å². The van der Waals surface area contributed by atoms with E-state index in [1.54, 1.807) is 18.9 Å². The fourth-order valence-electron chi connectivity index (χ4n) is 2.12. The van der Waals surface area contributed by atoms with Gasteiger partial charge in [-0.05, 0) is 5.56 Å². The third-order valence-corrected chi connectivity index (χ3v) is 4.49. The van der Waals surface area contributed by atoms with Crippen LogP contribution in [0.2, 0.25) is 0 Å². The van der Waals surface area contributed by atoms with E-state index in [4.69, 9.17) is 4.74 Å². The van der Waals surface area contributed by atoms with Crippen LogP contribution in [0.1, 0.15) is 27.6 Å². The lowest BCUT2D eigenvalue weighted by Gasteiger charge is -2.16. The van der Waals surface area contributed by atoms with Crippen molar-refractivity contribution >= 4 is 17.5 Å². The van der Waals surface area contributed by atoms with Gasteiger partial charge in [-0.2, -0.15) is 11.8 Å². The van der Waals surface area contributed by atoms with Crippen LogP contribution in [-0.2, 0) is 4.74 Å². The first-order valence-electron chi connectivity index (χ1n) is 7.05. The van der Waals surface area contributed by atoms with Crippen molar-refractivity contribution in [1.29, 1.82) is 0 Å². The van der Waals surface area contributed by atoms with Crippen molar-refractivity contribution in [1.82, 2.24) is 0 Å². The molecule has 0 fully saturated rings. The highest BCUT2D eigenvalue weighted by Gasteiger charge is 2.17. The minimum Gasteiger partial charge on any atom is -0.384 e. The van der Waals surface area contributed by atoms with Crippen LogP contribution in [0.4, 0.5) is 0 Å². The fraction of sp³-hybridized carbons (Fsp3) is 0.278. The first kappa shape index (κ1) is 15.8. The normalized spacial score (nSPS) is 12.0. The number of carbonyl (C=O) groups excluding carboxylic acids is 1. The summed E-state index contributed by atoms with van der Waals surface area (Å²) in [6.45, 7) is 0.702. The average Bonchev–Trinajstić information content (AvgIpc) is 2.55. The molecule has 0 aromatic heterocycles. The molecule has 2 aromatic carbocycles. The molecular weight excluding hydrogens is 280 g/mol. The first-order valence-corrected chi connectivity index (χ1v) is 8.10. The molecule has 0 bridgehead atoms. The van der Waals surface area contributed by atoms with E-state index >= 15 is 0 Å². The van der Waals surface area contributed by atoms with Crippen LogP contribution in [0.25, 0.3) is 0 Å². The number of ether oxygens (including phenoxy) is 1. The zero-order chi connectivity index (χ0) is 14.9. The zero-order valence-electron chi connectivity index (χ0n) is 12.2. The molecule has 2 nitrogen and oxygen atoms in total. The molecule has 3 heteroatoms. The van der Waals surface area contributed by atoms with Crippen molar-refractivity contribution in [3.05, 3.63) is 71.8 Å². The van der Waals surface area contributed by atoms with Gasteiger partial charge in [0.15, 0.2) is 5.78 Å². The minimum atomic E-state index is 0.175. The summed E-state index contributed by atoms with van der Waals surface area (Å²) in [6.07, 6.45) is 0.516. The summed E-state index contributed by atoms with van der Waals surface area (Å²) in [5.74, 6) is 1.08. The van der Waals surface area contributed by atoms with Gasteiger partial charge in [-0.3, -0.25) is 4.79 Å². The summed E-state index contributed by atoms with van der Waals surface area (Å²) in [5.41, 5.74) is 1.98. The highest BCUT2D eigenvalue weighted by Crippen LogP contribution is 2.33. The quantitative estimate of drug-likeness (QED) is 0.534. The van der Waals surface area contributed by atoms with Gasteiger partial charge >= 0.3 is 0 Å². The van der Waals surface area contributed by atoms with Crippen LogP contribution in [0.15, 0.2) is 60.7 Å². The maximum atomic E-state index is 12.4. The van der Waals surface area contributed by atoms with Gasteiger partial charge in [-0.25, -0.2) is 0 Å². The topological polar surface area (TPSA) is 26.3 Å². The number of methoxy groups -OCH3 is 1. The Morgan fingerprint density at radius 1 is 1.05 bits per heavy atom. The van der Waals surface area contributed by atoms with E-state index in [0.29, 0.717) is 13.0 Å². The smallest absolute Gasteiger partial charge is 0.164 e. The Hall–Kier alpha value is -1.58. The minimum absolute atomic E-state index is 0.175. The van der Waals surface area contributed by atoms with Gasteiger partial charge in [0.2, 0.25) is 0 Å². The average molecular weight is 300 g/mol. The Bertz CT molecular complexity index is 540. The maximum absolute atomic E-state index is 12.4. The Kier molecular flexibility index (Phi) is 6.51. The molecule has 0 spiro atoms. The second kappa shape index (κ2) is 8.65. The lowest BCUT2D eigenvalue weighted by molar-refractivity contribution is 0.0982. The SMILES string of the molecule is COCCSC(CC(=O)c1ccccc1)c1ccccc1. The molecule has 21 heavy (non-hydrogen) atoms. The van der Waals surface area contributed by atoms with Crippen molar-refractivity contribution in [2.75, 3.05) is 19.5 Å². The Balaban J connectivity index is 2.07. The third kappa shape index (κ3) is 5.03. The summed E-state index contributed by atoms with van der Waals surface area (Å²) in [5, 5.41) is 0.175. The number of hydrogen-bond donors (Lipinski definition) is 0. The molecule has 2 aromatic rings. The van der Waals surface area contributed by atoms with Crippen LogP contribution in [0.3, 0.4) is 0 Å². The van der Waals surface area contributed by atoms with E-state index in [-0.39, 0.29) is 11.0 Å². The zero-order valence-corrected chi connectivity index (χ0v) is 13.0. The molecule has 0 amide bonds. The van der Waals surface area contributed by atoms with Crippen molar-refractivity contribution in [2.45, 2.75) is 11.7 Å². The molecular formula is C18H20O2S. The number of thioether (sulfide) groups is 1. The first-order chi connectivity index (χ1) is 10.3. The van der Waals surface area contributed by atoms with Gasteiger partial charge in [-0.15, -0.1) is 0 Å². The van der Waals surface area contributed by atoms with Gasteiger partial charge in [0.25, 0.3) is 0 Å². The van der Waals surface area contributed by atoms with Crippen molar-refractivity contribution < 1.29 is 9.53 Å². The summed E-state index contributed by atoms with van der Waals surface area (Å²) >= 11 is 1.78. The fourth-order valence-corrected chi connectivity index (χ4v) is 3.29. The van der Waals surface area contributed by atoms with Crippen LogP contribution >= 0.6 is 11.8 Å². The molecule has 0 saturated heterocycles. The predicted octanol–water partition coefficient (Wildman–Crippen LogP) is 4.38. The van der Waals surface area contributed by atoms with E-state index in [2.05, 4.69) is 12.1 Å². The van der Waals surface area contributed by atoms with E-state index < -0.39 is 0 Å². The molecule has 2 rings (SSSR count). The van der Waals surface area contributed by atoms with E-state index in [1.807, 2.05) is 48.5 Å². The second-order valence-corrected chi connectivity index (χ2v) is 6.07. The largest absolute Gasteiger partial charge is 0.384 e. The molecule has 1 unspecified atom stereocenters. The molecule has 1 atom stereocenters. The monoisotopic (exact) mass is 300 g/mol. The second-order valence-electron chi connectivity index (χ2n) is 4.76. The molecule has 110 valence electrons. The van der Waals surface area contributed by atoms with Crippen LogP contribution < -0.4 is 0 Å². The van der Waals surface area contributed by atoms with Gasteiger partial charge in [0.1, 0.15) is 0 Å².